The maximum Gasteiger partial charge on any atom is 0.269 e. The third kappa shape index (κ3) is 2.96. The first-order chi connectivity index (χ1) is 8.91. The van der Waals surface area contributed by atoms with Gasteiger partial charge >= 0.3 is 0 Å². The van der Waals surface area contributed by atoms with E-state index >= 15 is 0 Å². The van der Waals surface area contributed by atoms with Gasteiger partial charge in [-0.1, -0.05) is 0 Å². The molecule has 1 aliphatic rings. The summed E-state index contributed by atoms with van der Waals surface area (Å²) in [6, 6.07) is 4.47. The number of rotatable bonds is 4. The lowest BCUT2D eigenvalue weighted by molar-refractivity contribution is -0.384. The molecule has 19 heavy (non-hydrogen) atoms. The van der Waals surface area contributed by atoms with E-state index < -0.39 is 10.7 Å². The second-order valence-corrected chi connectivity index (χ2v) is 4.63. The Labute approximate surface area is 110 Å². The van der Waals surface area contributed by atoms with Gasteiger partial charge in [-0.05, 0) is 6.07 Å². The number of hydrogen-bond donors (Lipinski definition) is 0. The Morgan fingerprint density at radius 3 is 2.68 bits per heavy atom. The number of hydrogen-bond acceptors (Lipinski definition) is 5. The maximum atomic E-state index is 10.8. The van der Waals surface area contributed by atoms with Gasteiger partial charge in [0.25, 0.3) is 5.69 Å². The summed E-state index contributed by atoms with van der Waals surface area (Å²) in [6.07, 6.45) is 1.91. The van der Waals surface area contributed by atoms with Crippen LogP contribution in [0.15, 0.2) is 30.2 Å². The van der Waals surface area contributed by atoms with Crippen LogP contribution in [0.1, 0.15) is 19.4 Å². The average molecular weight is 265 g/mol. The van der Waals surface area contributed by atoms with Crippen molar-refractivity contribution < 1.29 is 19.1 Å². The van der Waals surface area contributed by atoms with E-state index in [0.717, 1.165) is 0 Å². The smallest absolute Gasteiger partial charge is 0.269 e. The van der Waals surface area contributed by atoms with Gasteiger partial charge in [0.05, 0.1) is 12.0 Å². The highest BCUT2D eigenvalue weighted by Crippen LogP contribution is 2.31. The van der Waals surface area contributed by atoms with Crippen molar-refractivity contribution in [2.45, 2.75) is 26.1 Å². The Balaban J connectivity index is 2.24. The molecule has 0 fully saturated rings. The van der Waals surface area contributed by atoms with E-state index in [1.54, 1.807) is 19.9 Å². The van der Waals surface area contributed by atoms with Gasteiger partial charge in [0.15, 0.2) is 0 Å². The van der Waals surface area contributed by atoms with Crippen molar-refractivity contribution in [2.24, 2.45) is 0 Å². The number of benzene rings is 1. The lowest BCUT2D eigenvalue weighted by atomic mass is 10.1. The van der Waals surface area contributed by atoms with Crippen LogP contribution < -0.4 is 4.74 Å². The largest absolute Gasteiger partial charge is 0.496 e. The highest BCUT2D eigenvalue weighted by Gasteiger charge is 2.28. The predicted molar refractivity (Wildman–Crippen MR) is 67.7 cm³/mol. The molecule has 1 aliphatic heterocycles. The van der Waals surface area contributed by atoms with E-state index in [0.29, 0.717) is 23.5 Å². The molecule has 2 rings (SSSR count). The molecule has 0 aromatic heterocycles. The zero-order chi connectivity index (χ0) is 14.0. The van der Waals surface area contributed by atoms with Crippen molar-refractivity contribution >= 4 is 5.69 Å². The molecule has 6 nitrogen and oxygen atoms in total. The van der Waals surface area contributed by atoms with Crippen LogP contribution in [0.3, 0.4) is 0 Å². The summed E-state index contributed by atoms with van der Waals surface area (Å²) in [5.41, 5.74) is 0.707. The molecular formula is C13H15NO5. The minimum atomic E-state index is -0.691. The zero-order valence-electron chi connectivity index (χ0n) is 11.0. The first-order valence-electron chi connectivity index (χ1n) is 5.78. The van der Waals surface area contributed by atoms with E-state index in [4.69, 9.17) is 14.2 Å². The monoisotopic (exact) mass is 265 g/mol. The van der Waals surface area contributed by atoms with Crippen LogP contribution >= 0.6 is 0 Å². The highest BCUT2D eigenvalue weighted by atomic mass is 16.7. The standard InChI is InChI=1S/C13H15NO5/c1-13(2)18-8-11(19-13)7-9-6-10(14(15)16)4-5-12(9)17-3/h4-6,8H,7H2,1-3H3. The molecule has 0 unspecified atom stereocenters. The number of nitrogens with zero attached hydrogens (tertiary/aromatic N) is 1. The van der Waals surface area contributed by atoms with Gasteiger partial charge in [-0.15, -0.1) is 0 Å². The molecule has 1 heterocycles. The molecule has 0 atom stereocenters. The molecule has 1 aromatic rings. The quantitative estimate of drug-likeness (QED) is 0.618. The summed E-state index contributed by atoms with van der Waals surface area (Å²) in [7, 11) is 1.52. The van der Waals surface area contributed by atoms with Crippen molar-refractivity contribution in [3.8, 4) is 5.75 Å². The minimum absolute atomic E-state index is 0.0228. The number of methoxy groups -OCH3 is 1. The summed E-state index contributed by atoms with van der Waals surface area (Å²) in [5.74, 6) is 0.507. The first kappa shape index (κ1) is 13.2. The minimum Gasteiger partial charge on any atom is -0.496 e. The summed E-state index contributed by atoms with van der Waals surface area (Å²) in [5, 5.41) is 10.8. The SMILES string of the molecule is COc1ccc([N+](=O)[O-])cc1CC1=COC(C)(C)O1. The normalized spacial score (nSPS) is 16.3. The molecule has 0 bridgehead atoms. The molecule has 0 N–H and O–H groups in total. The zero-order valence-corrected chi connectivity index (χ0v) is 11.0. The molecule has 6 heteroatoms. The third-order valence-corrected chi connectivity index (χ3v) is 2.69. The van der Waals surface area contributed by atoms with Gasteiger partial charge in [-0.3, -0.25) is 10.1 Å². The molecular weight excluding hydrogens is 250 g/mol. The number of ether oxygens (including phenoxy) is 3. The number of nitro groups is 1. The number of non-ortho nitro benzene ring substituents is 1. The summed E-state index contributed by atoms with van der Waals surface area (Å²) in [6.45, 7) is 3.59. The molecule has 0 saturated carbocycles. The fraction of sp³-hybridized carbons (Fsp3) is 0.385. The van der Waals surface area contributed by atoms with Crippen molar-refractivity contribution in [3.05, 3.63) is 45.9 Å². The molecule has 0 saturated heterocycles. The van der Waals surface area contributed by atoms with Gasteiger partial charge in [0.2, 0.25) is 5.79 Å². The van der Waals surface area contributed by atoms with Crippen molar-refractivity contribution in [1.29, 1.82) is 0 Å². The van der Waals surface area contributed by atoms with Crippen molar-refractivity contribution in [2.75, 3.05) is 7.11 Å². The van der Waals surface area contributed by atoms with Gasteiger partial charge in [-0.2, -0.15) is 0 Å². The van der Waals surface area contributed by atoms with Crippen LogP contribution in [0.2, 0.25) is 0 Å². The van der Waals surface area contributed by atoms with Gasteiger partial charge < -0.3 is 14.2 Å². The average Bonchev–Trinajstić information content (AvgIpc) is 2.68. The van der Waals surface area contributed by atoms with Gasteiger partial charge in [0.1, 0.15) is 17.8 Å². The summed E-state index contributed by atoms with van der Waals surface area (Å²) >= 11 is 0. The Morgan fingerprint density at radius 1 is 1.42 bits per heavy atom. The van der Waals surface area contributed by atoms with Crippen LogP contribution in [0, 0.1) is 10.1 Å². The fourth-order valence-electron chi connectivity index (χ4n) is 1.85. The summed E-state index contributed by atoms with van der Waals surface area (Å²) in [4.78, 5) is 10.4. The Bertz CT molecular complexity index is 536. The fourth-order valence-corrected chi connectivity index (χ4v) is 1.85. The predicted octanol–water partition coefficient (Wildman–Crippen LogP) is 2.77. The van der Waals surface area contributed by atoms with Crippen LogP contribution in [0.5, 0.6) is 5.75 Å². The highest BCUT2D eigenvalue weighted by molar-refractivity contribution is 5.45. The molecule has 0 aliphatic carbocycles. The second kappa shape index (κ2) is 4.79. The van der Waals surface area contributed by atoms with E-state index in [2.05, 4.69) is 0 Å². The van der Waals surface area contributed by atoms with Crippen molar-refractivity contribution in [1.82, 2.24) is 0 Å². The second-order valence-electron chi connectivity index (χ2n) is 4.63. The maximum absolute atomic E-state index is 10.8. The van der Waals surface area contributed by atoms with Crippen molar-refractivity contribution in [3.63, 3.8) is 0 Å². The molecule has 0 spiro atoms. The van der Waals surface area contributed by atoms with E-state index in [-0.39, 0.29) is 5.69 Å². The number of allylic oxidation sites excluding steroid dienone is 1. The van der Waals surface area contributed by atoms with Crippen LogP contribution in [0.25, 0.3) is 0 Å². The lowest BCUT2D eigenvalue weighted by Crippen LogP contribution is -2.20. The summed E-state index contributed by atoms with van der Waals surface area (Å²) < 4.78 is 16.1. The Morgan fingerprint density at radius 2 is 2.16 bits per heavy atom. The van der Waals surface area contributed by atoms with Gasteiger partial charge in [0, 0.05) is 38.0 Å². The Hall–Kier alpha value is -2.24. The Kier molecular flexibility index (Phi) is 3.33. The van der Waals surface area contributed by atoms with Crippen LogP contribution in [-0.2, 0) is 15.9 Å². The lowest BCUT2D eigenvalue weighted by Gasteiger charge is -2.18. The molecule has 0 amide bonds. The van der Waals surface area contributed by atoms with Crippen LogP contribution in [0.4, 0.5) is 5.69 Å². The molecule has 102 valence electrons. The van der Waals surface area contributed by atoms with E-state index in [1.807, 2.05) is 0 Å². The number of nitro benzene ring substituents is 1. The van der Waals surface area contributed by atoms with Gasteiger partial charge in [-0.25, -0.2) is 0 Å². The third-order valence-electron chi connectivity index (χ3n) is 2.69. The van der Waals surface area contributed by atoms with Crippen LogP contribution in [-0.4, -0.2) is 17.8 Å². The van der Waals surface area contributed by atoms with E-state index in [1.165, 1.54) is 25.5 Å². The molecule has 0 radical (unpaired) electrons. The van der Waals surface area contributed by atoms with E-state index in [9.17, 15) is 10.1 Å². The first-order valence-corrected chi connectivity index (χ1v) is 5.78. The topological polar surface area (TPSA) is 70.8 Å². The molecule has 1 aromatic carbocycles.